The van der Waals surface area contributed by atoms with Gasteiger partial charge in [0, 0.05) is 6.20 Å². The van der Waals surface area contributed by atoms with Crippen LogP contribution in [0.25, 0.3) is 0 Å². The smallest absolute Gasteiger partial charge is 0.137 e. The summed E-state index contributed by atoms with van der Waals surface area (Å²) in [6.07, 6.45) is 5.56. The molecule has 5 nitrogen and oxygen atoms in total. The Hall–Kier alpha value is -1.53. The third-order valence-electron chi connectivity index (χ3n) is 2.93. The van der Waals surface area contributed by atoms with Gasteiger partial charge in [-0.1, -0.05) is 17.8 Å². The van der Waals surface area contributed by atoms with E-state index in [4.69, 9.17) is 4.74 Å². The number of ether oxygens (including phenoxy) is 1. The molecule has 0 radical (unpaired) electrons. The van der Waals surface area contributed by atoms with Crippen molar-refractivity contribution in [3.05, 3.63) is 34.6 Å². The monoisotopic (exact) mass is 278 g/mol. The van der Waals surface area contributed by atoms with Crippen molar-refractivity contribution in [2.45, 2.75) is 25.8 Å². The summed E-state index contributed by atoms with van der Waals surface area (Å²) in [4.78, 5) is 5.36. The van der Waals surface area contributed by atoms with Crippen LogP contribution in [-0.2, 0) is 6.42 Å². The van der Waals surface area contributed by atoms with Crippen LogP contribution in [0, 0.1) is 0 Å². The highest BCUT2D eigenvalue weighted by atomic mass is 32.1. The Balaban J connectivity index is 2.35. The molecule has 6 heteroatoms. The molecule has 1 atom stereocenters. The van der Waals surface area contributed by atoms with E-state index < -0.39 is 0 Å². The summed E-state index contributed by atoms with van der Waals surface area (Å²) in [5, 5.41) is 7.53. The molecule has 0 aliphatic rings. The number of rotatable bonds is 6. The summed E-state index contributed by atoms with van der Waals surface area (Å²) >= 11 is 1.44. The Morgan fingerprint density at radius 1 is 1.42 bits per heavy atom. The summed E-state index contributed by atoms with van der Waals surface area (Å²) in [7, 11) is 3.57. The SMILES string of the molecule is CCCc1nnsc1C(NC)c1cncc(OC)c1. The first-order valence-electron chi connectivity index (χ1n) is 6.27. The van der Waals surface area contributed by atoms with Crippen LogP contribution in [-0.4, -0.2) is 28.7 Å². The number of nitrogens with zero attached hydrogens (tertiary/aromatic N) is 3. The van der Waals surface area contributed by atoms with Gasteiger partial charge in [0.2, 0.25) is 0 Å². The standard InChI is InChI=1S/C13H18N4OS/c1-4-5-11-13(19-17-16-11)12(14-2)9-6-10(18-3)8-15-7-9/h6-8,12,14H,4-5H2,1-3H3. The summed E-state index contributed by atoms with van der Waals surface area (Å²) < 4.78 is 9.30. The summed E-state index contributed by atoms with van der Waals surface area (Å²) in [5.74, 6) is 0.757. The predicted octanol–water partition coefficient (Wildman–Crippen LogP) is 2.20. The minimum Gasteiger partial charge on any atom is -0.495 e. The molecule has 0 fully saturated rings. The van der Waals surface area contributed by atoms with Crippen LogP contribution in [0.1, 0.15) is 35.5 Å². The minimum atomic E-state index is 0.0594. The molecular formula is C13H18N4OS. The zero-order valence-corrected chi connectivity index (χ0v) is 12.2. The highest BCUT2D eigenvalue weighted by Crippen LogP contribution is 2.28. The molecule has 0 aromatic carbocycles. The van der Waals surface area contributed by atoms with Gasteiger partial charge in [-0.2, -0.15) is 0 Å². The maximum absolute atomic E-state index is 5.23. The molecule has 1 N–H and O–H groups in total. The van der Waals surface area contributed by atoms with E-state index in [2.05, 4.69) is 26.8 Å². The van der Waals surface area contributed by atoms with Gasteiger partial charge in [0.05, 0.1) is 29.9 Å². The van der Waals surface area contributed by atoms with Crippen molar-refractivity contribution in [2.24, 2.45) is 0 Å². The Kier molecular flexibility index (Phi) is 4.81. The van der Waals surface area contributed by atoms with Gasteiger partial charge in [-0.05, 0) is 36.6 Å². The van der Waals surface area contributed by atoms with E-state index in [0.29, 0.717) is 0 Å². The molecule has 19 heavy (non-hydrogen) atoms. The lowest BCUT2D eigenvalue weighted by Gasteiger charge is -2.16. The molecule has 2 aromatic rings. The van der Waals surface area contributed by atoms with Crippen molar-refractivity contribution in [2.75, 3.05) is 14.2 Å². The first-order valence-corrected chi connectivity index (χ1v) is 7.04. The van der Waals surface area contributed by atoms with Gasteiger partial charge in [-0.15, -0.1) is 5.10 Å². The number of hydrogen-bond acceptors (Lipinski definition) is 6. The zero-order chi connectivity index (χ0) is 13.7. The molecule has 0 aliphatic carbocycles. The van der Waals surface area contributed by atoms with E-state index >= 15 is 0 Å². The molecule has 2 rings (SSSR count). The van der Waals surface area contributed by atoms with Crippen molar-refractivity contribution in [3.63, 3.8) is 0 Å². The lowest BCUT2D eigenvalue weighted by atomic mass is 10.0. The van der Waals surface area contributed by atoms with Gasteiger partial charge in [-0.3, -0.25) is 4.98 Å². The van der Waals surface area contributed by atoms with Gasteiger partial charge in [-0.25, -0.2) is 0 Å². The fourth-order valence-corrected chi connectivity index (χ4v) is 2.83. The van der Waals surface area contributed by atoms with Crippen LogP contribution in [0.5, 0.6) is 5.75 Å². The third-order valence-corrected chi connectivity index (χ3v) is 3.76. The highest BCUT2D eigenvalue weighted by Gasteiger charge is 2.20. The maximum Gasteiger partial charge on any atom is 0.137 e. The number of aromatic nitrogens is 3. The zero-order valence-electron chi connectivity index (χ0n) is 11.4. The highest BCUT2D eigenvalue weighted by molar-refractivity contribution is 7.05. The largest absolute Gasteiger partial charge is 0.495 e. The van der Waals surface area contributed by atoms with Crippen molar-refractivity contribution in [1.82, 2.24) is 19.9 Å². The average molecular weight is 278 g/mol. The molecule has 0 spiro atoms. The van der Waals surface area contributed by atoms with E-state index in [9.17, 15) is 0 Å². The molecule has 2 heterocycles. The second-order valence-corrected chi connectivity index (χ2v) is 5.00. The van der Waals surface area contributed by atoms with Gasteiger partial charge in [0.15, 0.2) is 0 Å². The lowest BCUT2D eigenvalue weighted by Crippen LogP contribution is -2.18. The molecule has 0 aliphatic heterocycles. The predicted molar refractivity (Wildman–Crippen MR) is 75.6 cm³/mol. The second-order valence-electron chi connectivity index (χ2n) is 4.21. The van der Waals surface area contributed by atoms with E-state index in [1.807, 2.05) is 19.3 Å². The number of pyridine rings is 1. The lowest BCUT2D eigenvalue weighted by molar-refractivity contribution is 0.411. The van der Waals surface area contributed by atoms with Crippen LogP contribution < -0.4 is 10.1 Å². The van der Waals surface area contributed by atoms with Gasteiger partial charge >= 0.3 is 0 Å². The molecule has 0 amide bonds. The molecule has 0 saturated heterocycles. The van der Waals surface area contributed by atoms with E-state index in [1.54, 1.807) is 13.3 Å². The maximum atomic E-state index is 5.23. The summed E-state index contributed by atoms with van der Waals surface area (Å²) in [6.45, 7) is 2.14. The molecule has 102 valence electrons. The molecular weight excluding hydrogens is 260 g/mol. The average Bonchev–Trinajstić information content (AvgIpc) is 2.89. The molecule has 0 bridgehead atoms. The van der Waals surface area contributed by atoms with Crippen LogP contribution in [0.2, 0.25) is 0 Å². The summed E-state index contributed by atoms with van der Waals surface area (Å²) in [6, 6.07) is 2.05. The van der Waals surface area contributed by atoms with E-state index in [-0.39, 0.29) is 6.04 Å². The van der Waals surface area contributed by atoms with Gasteiger partial charge in [0.1, 0.15) is 5.75 Å². The van der Waals surface area contributed by atoms with Crippen molar-refractivity contribution < 1.29 is 4.74 Å². The van der Waals surface area contributed by atoms with Gasteiger partial charge in [0.25, 0.3) is 0 Å². The quantitative estimate of drug-likeness (QED) is 0.878. The molecule has 2 aromatic heterocycles. The van der Waals surface area contributed by atoms with Crippen LogP contribution >= 0.6 is 11.5 Å². The Labute approximate surface area is 117 Å². The first-order chi connectivity index (χ1) is 9.30. The fraction of sp³-hybridized carbons (Fsp3) is 0.462. The summed E-state index contributed by atoms with van der Waals surface area (Å²) in [5.41, 5.74) is 2.12. The first kappa shape index (κ1) is 13.9. The molecule has 1 unspecified atom stereocenters. The van der Waals surface area contributed by atoms with Crippen LogP contribution in [0.3, 0.4) is 0 Å². The van der Waals surface area contributed by atoms with Crippen molar-refractivity contribution in [1.29, 1.82) is 0 Å². The minimum absolute atomic E-state index is 0.0594. The topological polar surface area (TPSA) is 59.9 Å². The van der Waals surface area contributed by atoms with Crippen LogP contribution in [0.4, 0.5) is 0 Å². The Morgan fingerprint density at radius 3 is 2.95 bits per heavy atom. The van der Waals surface area contributed by atoms with Crippen LogP contribution in [0.15, 0.2) is 18.5 Å². The van der Waals surface area contributed by atoms with Gasteiger partial charge < -0.3 is 10.1 Å². The Bertz CT molecular complexity index is 529. The number of hydrogen-bond donors (Lipinski definition) is 1. The Morgan fingerprint density at radius 2 is 2.26 bits per heavy atom. The van der Waals surface area contributed by atoms with E-state index in [1.165, 1.54) is 11.5 Å². The van der Waals surface area contributed by atoms with Crippen molar-refractivity contribution >= 4 is 11.5 Å². The third kappa shape index (κ3) is 3.08. The normalized spacial score (nSPS) is 12.4. The fourth-order valence-electron chi connectivity index (χ4n) is 2.00. The second kappa shape index (κ2) is 6.58. The molecule has 0 saturated carbocycles. The van der Waals surface area contributed by atoms with Crippen molar-refractivity contribution in [3.8, 4) is 5.75 Å². The number of aryl methyl sites for hydroxylation is 1. The number of nitrogens with one attached hydrogen (secondary N) is 1. The van der Waals surface area contributed by atoms with E-state index in [0.717, 1.165) is 34.7 Å². The number of methoxy groups -OCH3 is 1.